The van der Waals surface area contributed by atoms with Gasteiger partial charge in [0.15, 0.2) is 5.65 Å². The SMILES string of the molecule is Cn1ncc2c(Cl)nc(CN3CCn4cnnc4C3)nc21. The number of nitrogens with zero attached hydrogens (tertiary/aromatic N) is 8. The van der Waals surface area contributed by atoms with Gasteiger partial charge in [0.05, 0.1) is 24.7 Å². The number of rotatable bonds is 2. The first-order chi connectivity index (χ1) is 10.2. The number of hydrogen-bond acceptors (Lipinski definition) is 6. The number of halogens is 1. The zero-order chi connectivity index (χ0) is 14.4. The third kappa shape index (κ3) is 2.16. The first kappa shape index (κ1) is 12.7. The first-order valence-corrected chi connectivity index (χ1v) is 7.01. The van der Waals surface area contributed by atoms with Crippen LogP contribution >= 0.6 is 11.6 Å². The minimum Gasteiger partial charge on any atom is -0.315 e. The summed E-state index contributed by atoms with van der Waals surface area (Å²) in [5.41, 5.74) is 0.755. The molecule has 21 heavy (non-hydrogen) atoms. The van der Waals surface area contributed by atoms with Gasteiger partial charge in [0.25, 0.3) is 0 Å². The van der Waals surface area contributed by atoms with Crippen molar-refractivity contribution >= 4 is 22.6 Å². The molecule has 108 valence electrons. The summed E-state index contributed by atoms with van der Waals surface area (Å²) in [6, 6.07) is 0. The molecule has 0 atom stereocenters. The fourth-order valence-electron chi connectivity index (χ4n) is 2.55. The van der Waals surface area contributed by atoms with Crippen LogP contribution in [0.15, 0.2) is 12.5 Å². The van der Waals surface area contributed by atoms with E-state index in [1.807, 2.05) is 7.05 Å². The molecular formula is C12H13ClN8. The minimum atomic E-state index is 0.447. The van der Waals surface area contributed by atoms with E-state index in [-0.39, 0.29) is 0 Å². The van der Waals surface area contributed by atoms with Crippen molar-refractivity contribution in [1.29, 1.82) is 0 Å². The van der Waals surface area contributed by atoms with E-state index in [9.17, 15) is 0 Å². The highest BCUT2D eigenvalue weighted by atomic mass is 35.5. The smallest absolute Gasteiger partial charge is 0.162 e. The molecule has 1 aliphatic heterocycles. The molecule has 0 fully saturated rings. The Bertz CT molecular complexity index is 807. The molecule has 4 heterocycles. The van der Waals surface area contributed by atoms with Crippen molar-refractivity contribution in [2.45, 2.75) is 19.6 Å². The van der Waals surface area contributed by atoms with Crippen molar-refractivity contribution in [3.8, 4) is 0 Å². The summed E-state index contributed by atoms with van der Waals surface area (Å²) in [6.45, 7) is 3.16. The molecule has 0 radical (unpaired) electrons. The maximum Gasteiger partial charge on any atom is 0.162 e. The van der Waals surface area contributed by atoms with Crippen LogP contribution in [0.3, 0.4) is 0 Å². The first-order valence-electron chi connectivity index (χ1n) is 6.64. The summed E-state index contributed by atoms with van der Waals surface area (Å²) in [5, 5.41) is 13.4. The summed E-state index contributed by atoms with van der Waals surface area (Å²) < 4.78 is 3.77. The van der Waals surface area contributed by atoms with Gasteiger partial charge < -0.3 is 4.57 Å². The van der Waals surface area contributed by atoms with E-state index < -0.39 is 0 Å². The van der Waals surface area contributed by atoms with E-state index >= 15 is 0 Å². The van der Waals surface area contributed by atoms with Crippen LogP contribution in [0.1, 0.15) is 11.6 Å². The normalized spacial score (nSPS) is 15.5. The lowest BCUT2D eigenvalue weighted by atomic mass is 10.3. The van der Waals surface area contributed by atoms with Gasteiger partial charge in [0.1, 0.15) is 23.1 Å². The predicted molar refractivity (Wildman–Crippen MR) is 75.5 cm³/mol. The lowest BCUT2D eigenvalue weighted by Gasteiger charge is -2.26. The van der Waals surface area contributed by atoms with Gasteiger partial charge in [0.2, 0.25) is 0 Å². The molecule has 0 aliphatic carbocycles. The highest BCUT2D eigenvalue weighted by Crippen LogP contribution is 2.20. The molecule has 0 spiro atoms. The Kier molecular flexibility index (Phi) is 2.86. The third-order valence-corrected chi connectivity index (χ3v) is 3.96. The zero-order valence-electron chi connectivity index (χ0n) is 11.4. The standard InChI is InChI=1S/C12H13ClN8/c1-19-12-8(4-15-19)11(13)16-9(17-12)5-20-2-3-21-7-14-18-10(21)6-20/h4,7H,2-3,5-6H2,1H3. The second kappa shape index (κ2) is 4.74. The lowest BCUT2D eigenvalue weighted by Crippen LogP contribution is -2.33. The summed E-state index contributed by atoms with van der Waals surface area (Å²) in [5.74, 6) is 1.66. The van der Waals surface area contributed by atoms with E-state index in [0.717, 1.165) is 36.5 Å². The molecule has 0 amide bonds. The van der Waals surface area contributed by atoms with Crippen molar-refractivity contribution in [2.24, 2.45) is 7.05 Å². The highest BCUT2D eigenvalue weighted by molar-refractivity contribution is 6.33. The maximum absolute atomic E-state index is 6.21. The van der Waals surface area contributed by atoms with E-state index in [4.69, 9.17) is 11.6 Å². The van der Waals surface area contributed by atoms with Gasteiger partial charge in [-0.3, -0.25) is 9.58 Å². The summed E-state index contributed by atoms with van der Waals surface area (Å²) in [6.07, 6.45) is 3.45. The number of aryl methyl sites for hydroxylation is 1. The molecule has 3 aromatic rings. The molecule has 1 aliphatic rings. The van der Waals surface area contributed by atoms with Gasteiger partial charge in [-0.15, -0.1) is 10.2 Å². The molecule has 3 aromatic heterocycles. The molecule has 0 saturated carbocycles. The van der Waals surface area contributed by atoms with Crippen molar-refractivity contribution < 1.29 is 0 Å². The van der Waals surface area contributed by atoms with Crippen molar-refractivity contribution in [3.63, 3.8) is 0 Å². The summed E-state index contributed by atoms with van der Waals surface area (Å²) >= 11 is 6.21. The van der Waals surface area contributed by atoms with Crippen LogP contribution in [0.5, 0.6) is 0 Å². The minimum absolute atomic E-state index is 0.447. The average molecular weight is 305 g/mol. The Hall–Kier alpha value is -2.06. The van der Waals surface area contributed by atoms with E-state index in [0.29, 0.717) is 17.5 Å². The molecule has 9 heteroatoms. The molecule has 0 saturated heterocycles. The predicted octanol–water partition coefficient (Wildman–Crippen LogP) is 0.624. The summed E-state index contributed by atoms with van der Waals surface area (Å²) in [7, 11) is 1.85. The maximum atomic E-state index is 6.21. The zero-order valence-corrected chi connectivity index (χ0v) is 12.2. The van der Waals surface area contributed by atoms with Gasteiger partial charge in [-0.25, -0.2) is 9.97 Å². The Labute approximate surface area is 125 Å². The van der Waals surface area contributed by atoms with Gasteiger partial charge >= 0.3 is 0 Å². The highest BCUT2D eigenvalue weighted by Gasteiger charge is 2.19. The molecule has 8 nitrogen and oxygen atoms in total. The average Bonchev–Trinajstić information content (AvgIpc) is 3.06. The van der Waals surface area contributed by atoms with Crippen LogP contribution in [0, 0.1) is 0 Å². The van der Waals surface area contributed by atoms with Crippen LogP contribution in [-0.4, -0.2) is 46.0 Å². The van der Waals surface area contributed by atoms with Crippen LogP contribution in [-0.2, 0) is 26.7 Å². The van der Waals surface area contributed by atoms with Crippen molar-refractivity contribution in [2.75, 3.05) is 6.54 Å². The monoisotopic (exact) mass is 304 g/mol. The fourth-order valence-corrected chi connectivity index (χ4v) is 2.78. The van der Waals surface area contributed by atoms with E-state index in [2.05, 4.69) is 34.7 Å². The quantitative estimate of drug-likeness (QED) is 0.646. The molecule has 0 bridgehead atoms. The Morgan fingerprint density at radius 1 is 1.29 bits per heavy atom. The van der Waals surface area contributed by atoms with E-state index in [1.54, 1.807) is 17.2 Å². The Balaban J connectivity index is 1.61. The molecule has 0 aromatic carbocycles. The second-order valence-electron chi connectivity index (χ2n) is 5.09. The number of fused-ring (bicyclic) bond motifs is 2. The van der Waals surface area contributed by atoms with Crippen LogP contribution in [0.25, 0.3) is 11.0 Å². The largest absolute Gasteiger partial charge is 0.315 e. The topological polar surface area (TPSA) is 77.5 Å². The molecule has 0 N–H and O–H groups in total. The second-order valence-corrected chi connectivity index (χ2v) is 5.45. The van der Waals surface area contributed by atoms with Gasteiger partial charge in [0, 0.05) is 20.1 Å². The Morgan fingerprint density at radius 3 is 3.10 bits per heavy atom. The summed E-state index contributed by atoms with van der Waals surface area (Å²) in [4.78, 5) is 11.2. The third-order valence-electron chi connectivity index (χ3n) is 3.67. The van der Waals surface area contributed by atoms with Crippen LogP contribution < -0.4 is 0 Å². The van der Waals surface area contributed by atoms with Gasteiger partial charge in [-0.1, -0.05) is 11.6 Å². The molecule has 0 unspecified atom stereocenters. The Morgan fingerprint density at radius 2 is 2.19 bits per heavy atom. The number of hydrogen-bond donors (Lipinski definition) is 0. The fraction of sp³-hybridized carbons (Fsp3) is 0.417. The van der Waals surface area contributed by atoms with Crippen LogP contribution in [0.2, 0.25) is 5.15 Å². The molecular weight excluding hydrogens is 292 g/mol. The van der Waals surface area contributed by atoms with Crippen molar-refractivity contribution in [1.82, 2.24) is 39.4 Å². The van der Waals surface area contributed by atoms with Crippen LogP contribution in [0.4, 0.5) is 0 Å². The number of aromatic nitrogens is 7. The lowest BCUT2D eigenvalue weighted by molar-refractivity contribution is 0.204. The molecule has 4 rings (SSSR count). The van der Waals surface area contributed by atoms with E-state index in [1.165, 1.54) is 0 Å². The van der Waals surface area contributed by atoms with Gasteiger partial charge in [-0.2, -0.15) is 5.10 Å². The van der Waals surface area contributed by atoms with Crippen molar-refractivity contribution in [3.05, 3.63) is 29.3 Å². The van der Waals surface area contributed by atoms with Gasteiger partial charge in [-0.05, 0) is 0 Å².